The van der Waals surface area contributed by atoms with Crippen molar-refractivity contribution in [3.8, 4) is 0 Å². The van der Waals surface area contributed by atoms with Gasteiger partial charge in [0.2, 0.25) is 0 Å². The van der Waals surface area contributed by atoms with Gasteiger partial charge in [-0.05, 0) is 38.2 Å². The Kier molecular flexibility index (Phi) is 6.05. The van der Waals surface area contributed by atoms with E-state index in [2.05, 4.69) is 56.6 Å². The van der Waals surface area contributed by atoms with Gasteiger partial charge in [0.1, 0.15) is 17.5 Å². The first-order valence-corrected chi connectivity index (χ1v) is 9.20. The summed E-state index contributed by atoms with van der Waals surface area (Å²) in [5, 5.41) is 3.47. The van der Waals surface area contributed by atoms with Crippen LogP contribution in [0.4, 0.5) is 11.6 Å². The Hall–Kier alpha value is -2.10. The molecule has 1 aromatic heterocycles. The number of anilines is 2. The molecule has 3 rings (SSSR count). The van der Waals surface area contributed by atoms with E-state index in [1.165, 1.54) is 31.2 Å². The van der Waals surface area contributed by atoms with Crippen LogP contribution in [0.25, 0.3) is 0 Å². The highest BCUT2D eigenvalue weighted by Crippen LogP contribution is 2.20. The van der Waals surface area contributed by atoms with Gasteiger partial charge in [-0.1, -0.05) is 43.2 Å². The van der Waals surface area contributed by atoms with Crippen molar-refractivity contribution in [1.29, 1.82) is 0 Å². The van der Waals surface area contributed by atoms with E-state index in [4.69, 9.17) is 0 Å². The first kappa shape index (κ1) is 16.7. The van der Waals surface area contributed by atoms with E-state index in [0.29, 0.717) is 0 Å². The van der Waals surface area contributed by atoms with Crippen molar-refractivity contribution < 1.29 is 0 Å². The van der Waals surface area contributed by atoms with Crippen LogP contribution >= 0.6 is 0 Å². The second-order valence-electron chi connectivity index (χ2n) is 6.58. The number of nitrogens with zero attached hydrogens (tertiary/aromatic N) is 3. The molecule has 24 heavy (non-hydrogen) atoms. The molecule has 0 atom stereocenters. The van der Waals surface area contributed by atoms with Gasteiger partial charge in [-0.2, -0.15) is 0 Å². The van der Waals surface area contributed by atoms with Crippen LogP contribution in [0.3, 0.4) is 0 Å². The maximum atomic E-state index is 4.65. The van der Waals surface area contributed by atoms with Gasteiger partial charge in [0, 0.05) is 25.7 Å². The average molecular weight is 324 g/mol. The number of aryl methyl sites for hydroxylation is 2. The number of nitrogens with one attached hydrogen (secondary N) is 1. The first-order valence-electron chi connectivity index (χ1n) is 9.20. The summed E-state index contributed by atoms with van der Waals surface area (Å²) in [7, 11) is 0. The predicted molar refractivity (Wildman–Crippen MR) is 101 cm³/mol. The second kappa shape index (κ2) is 8.67. The van der Waals surface area contributed by atoms with Crippen molar-refractivity contribution in [2.75, 3.05) is 29.9 Å². The van der Waals surface area contributed by atoms with Crippen molar-refractivity contribution in [3.63, 3.8) is 0 Å². The summed E-state index contributed by atoms with van der Waals surface area (Å²) < 4.78 is 0. The Morgan fingerprint density at radius 3 is 2.50 bits per heavy atom. The van der Waals surface area contributed by atoms with E-state index in [1.54, 1.807) is 0 Å². The van der Waals surface area contributed by atoms with Crippen LogP contribution in [0.1, 0.15) is 43.5 Å². The van der Waals surface area contributed by atoms with Gasteiger partial charge in [-0.15, -0.1) is 0 Å². The lowest BCUT2D eigenvalue weighted by atomic mass is 10.1. The minimum atomic E-state index is 0.849. The molecule has 0 spiro atoms. The summed E-state index contributed by atoms with van der Waals surface area (Å²) in [5.74, 6) is 2.88. The highest BCUT2D eigenvalue weighted by Gasteiger charge is 2.12. The highest BCUT2D eigenvalue weighted by atomic mass is 15.2. The zero-order valence-corrected chi connectivity index (χ0v) is 14.7. The standard InChI is InChI=1S/C20H28N4/c1-17-22-19(21-13-9-12-18-10-5-4-6-11-18)16-20(23-17)24-14-7-2-3-8-15-24/h4-6,10-11,16H,2-3,7-9,12-15H2,1H3,(H,21,22,23). The predicted octanol–water partition coefficient (Wildman–Crippen LogP) is 4.21. The van der Waals surface area contributed by atoms with Crippen molar-refractivity contribution in [2.24, 2.45) is 0 Å². The fourth-order valence-corrected chi connectivity index (χ4v) is 3.26. The van der Waals surface area contributed by atoms with Crippen LogP contribution in [0.5, 0.6) is 0 Å². The van der Waals surface area contributed by atoms with Gasteiger partial charge >= 0.3 is 0 Å². The molecule has 0 saturated carbocycles. The summed E-state index contributed by atoms with van der Waals surface area (Å²) in [5.41, 5.74) is 1.39. The zero-order valence-electron chi connectivity index (χ0n) is 14.7. The van der Waals surface area contributed by atoms with Crippen LogP contribution in [0.15, 0.2) is 36.4 Å². The molecule has 1 aliphatic rings. The first-order chi connectivity index (χ1) is 11.8. The molecule has 1 fully saturated rings. The molecule has 4 nitrogen and oxygen atoms in total. The van der Waals surface area contributed by atoms with Gasteiger partial charge in [0.25, 0.3) is 0 Å². The third kappa shape index (κ3) is 4.95. The van der Waals surface area contributed by atoms with Crippen LogP contribution in [-0.4, -0.2) is 29.6 Å². The van der Waals surface area contributed by atoms with Gasteiger partial charge in [0.05, 0.1) is 0 Å². The average Bonchev–Trinajstić information content (AvgIpc) is 2.89. The Morgan fingerprint density at radius 1 is 1.00 bits per heavy atom. The van der Waals surface area contributed by atoms with E-state index in [0.717, 1.165) is 49.9 Å². The van der Waals surface area contributed by atoms with E-state index >= 15 is 0 Å². The van der Waals surface area contributed by atoms with Gasteiger partial charge in [-0.25, -0.2) is 9.97 Å². The molecule has 1 N–H and O–H groups in total. The number of benzene rings is 1. The highest BCUT2D eigenvalue weighted by molar-refractivity contribution is 5.49. The summed E-state index contributed by atoms with van der Waals surface area (Å²) in [6.07, 6.45) is 7.41. The molecule has 1 aliphatic heterocycles. The minimum Gasteiger partial charge on any atom is -0.370 e. The maximum Gasteiger partial charge on any atom is 0.134 e. The summed E-state index contributed by atoms with van der Waals surface area (Å²) in [6.45, 7) is 5.15. The monoisotopic (exact) mass is 324 g/mol. The Bertz CT molecular complexity index is 619. The number of hydrogen-bond acceptors (Lipinski definition) is 4. The van der Waals surface area contributed by atoms with Gasteiger partial charge < -0.3 is 10.2 Å². The molecule has 2 heterocycles. The molecule has 0 radical (unpaired) electrons. The number of rotatable bonds is 6. The molecule has 4 heteroatoms. The molecule has 0 unspecified atom stereocenters. The Labute approximate surface area is 145 Å². The minimum absolute atomic E-state index is 0.849. The molecule has 0 amide bonds. The second-order valence-corrected chi connectivity index (χ2v) is 6.58. The normalized spacial score (nSPS) is 15.1. The van der Waals surface area contributed by atoms with E-state index in [1.807, 2.05) is 6.92 Å². The molecular weight excluding hydrogens is 296 g/mol. The lowest BCUT2D eigenvalue weighted by Crippen LogP contribution is -2.25. The Morgan fingerprint density at radius 2 is 1.75 bits per heavy atom. The van der Waals surface area contributed by atoms with E-state index in [9.17, 15) is 0 Å². The lowest BCUT2D eigenvalue weighted by Gasteiger charge is -2.22. The van der Waals surface area contributed by atoms with Gasteiger partial charge in [-0.3, -0.25) is 0 Å². The van der Waals surface area contributed by atoms with Crippen molar-refractivity contribution in [3.05, 3.63) is 47.8 Å². The van der Waals surface area contributed by atoms with Crippen molar-refractivity contribution in [1.82, 2.24) is 9.97 Å². The fourth-order valence-electron chi connectivity index (χ4n) is 3.26. The van der Waals surface area contributed by atoms with Crippen molar-refractivity contribution in [2.45, 2.75) is 45.4 Å². The molecule has 1 saturated heterocycles. The SMILES string of the molecule is Cc1nc(NCCCc2ccccc2)cc(N2CCCCCC2)n1. The van der Waals surface area contributed by atoms with Crippen molar-refractivity contribution >= 4 is 11.6 Å². The van der Waals surface area contributed by atoms with Crippen LogP contribution in [0, 0.1) is 6.92 Å². The topological polar surface area (TPSA) is 41.1 Å². The number of hydrogen-bond donors (Lipinski definition) is 1. The molecule has 0 bridgehead atoms. The fraction of sp³-hybridized carbons (Fsp3) is 0.500. The van der Waals surface area contributed by atoms with E-state index < -0.39 is 0 Å². The molecule has 2 aromatic rings. The van der Waals surface area contributed by atoms with Crippen LogP contribution in [-0.2, 0) is 6.42 Å². The summed E-state index contributed by atoms with van der Waals surface area (Å²) >= 11 is 0. The molecular formula is C20H28N4. The number of aromatic nitrogens is 2. The maximum absolute atomic E-state index is 4.65. The Balaban J connectivity index is 1.55. The van der Waals surface area contributed by atoms with Gasteiger partial charge in [0.15, 0.2) is 0 Å². The van der Waals surface area contributed by atoms with E-state index in [-0.39, 0.29) is 0 Å². The quantitative estimate of drug-likeness (QED) is 0.808. The molecule has 128 valence electrons. The summed E-state index contributed by atoms with van der Waals surface area (Å²) in [6, 6.07) is 12.8. The third-order valence-electron chi connectivity index (χ3n) is 4.55. The third-order valence-corrected chi connectivity index (χ3v) is 4.55. The largest absolute Gasteiger partial charge is 0.370 e. The lowest BCUT2D eigenvalue weighted by molar-refractivity contribution is 0.726. The smallest absolute Gasteiger partial charge is 0.134 e. The zero-order chi connectivity index (χ0) is 16.6. The van der Waals surface area contributed by atoms with Crippen LogP contribution < -0.4 is 10.2 Å². The summed E-state index contributed by atoms with van der Waals surface area (Å²) in [4.78, 5) is 11.6. The molecule has 0 aliphatic carbocycles. The molecule has 1 aromatic carbocycles. The van der Waals surface area contributed by atoms with Crippen LogP contribution in [0.2, 0.25) is 0 Å².